The number of carboxylic acid groups (broad SMARTS) is 2. The van der Waals surface area contributed by atoms with Gasteiger partial charge in [-0.3, -0.25) is 14.3 Å². The maximum atomic E-state index is 12.6. The van der Waals surface area contributed by atoms with Crippen molar-refractivity contribution in [3.63, 3.8) is 0 Å². The molecule has 14 heteroatoms. The fraction of sp³-hybridized carbons (Fsp3) is 0.269. The summed E-state index contributed by atoms with van der Waals surface area (Å²) in [5, 5.41) is 23.1. The molecule has 0 saturated carbocycles. The zero-order chi connectivity index (χ0) is 29.3. The quantitative estimate of drug-likeness (QED) is 0.236. The Kier molecular flexibility index (Phi) is 10.1. The number of nitrogens with zero attached hydrogens (tertiary/aromatic N) is 4. The summed E-state index contributed by atoms with van der Waals surface area (Å²) in [6.07, 6.45) is 3.43. The highest BCUT2D eigenvalue weighted by Crippen LogP contribution is 2.32. The van der Waals surface area contributed by atoms with Crippen molar-refractivity contribution in [2.24, 2.45) is 0 Å². The summed E-state index contributed by atoms with van der Waals surface area (Å²) >= 11 is 0. The Morgan fingerprint density at radius 3 is 2.12 bits per heavy atom. The minimum absolute atomic E-state index is 0.207. The van der Waals surface area contributed by atoms with Gasteiger partial charge in [0.2, 0.25) is 0 Å². The van der Waals surface area contributed by atoms with Crippen molar-refractivity contribution >= 4 is 44.5 Å². The van der Waals surface area contributed by atoms with Crippen LogP contribution in [-0.4, -0.2) is 63.4 Å². The van der Waals surface area contributed by atoms with Crippen LogP contribution in [0.5, 0.6) is 0 Å². The third kappa shape index (κ3) is 7.97. The first-order chi connectivity index (χ1) is 19.0. The number of anilines is 2. The number of aliphatic carboxylic acids is 2. The van der Waals surface area contributed by atoms with Gasteiger partial charge in [0.15, 0.2) is 5.82 Å². The first-order valence-corrected chi connectivity index (χ1v) is 13.7. The summed E-state index contributed by atoms with van der Waals surface area (Å²) < 4.78 is 29.5. The second-order valence-corrected chi connectivity index (χ2v) is 10.5. The number of aromatic nitrogens is 4. The Balaban J connectivity index is 0.000000490. The van der Waals surface area contributed by atoms with Gasteiger partial charge in [0.25, 0.3) is 22.0 Å². The number of nitrogens with one attached hydrogen (secondary N) is 2. The molecule has 0 unspecified atom stereocenters. The van der Waals surface area contributed by atoms with E-state index in [-0.39, 0.29) is 4.90 Å². The molecule has 1 aliphatic rings. The normalized spacial score (nSPS) is 13.3. The Morgan fingerprint density at radius 1 is 0.975 bits per heavy atom. The average Bonchev–Trinajstić information content (AvgIpc) is 3.30. The van der Waals surface area contributed by atoms with Gasteiger partial charge in [0, 0.05) is 25.5 Å². The molecule has 1 fully saturated rings. The molecule has 1 aliphatic heterocycles. The van der Waals surface area contributed by atoms with Crippen molar-refractivity contribution < 1.29 is 28.2 Å². The van der Waals surface area contributed by atoms with Crippen LogP contribution >= 0.6 is 0 Å². The third-order valence-corrected chi connectivity index (χ3v) is 7.05. The van der Waals surface area contributed by atoms with Gasteiger partial charge in [-0.2, -0.15) is 5.10 Å². The summed E-state index contributed by atoms with van der Waals surface area (Å²) in [6.45, 7) is 4.05. The number of nitrogens with two attached hydrogens (primary N) is 1. The van der Waals surface area contributed by atoms with Gasteiger partial charge in [0.1, 0.15) is 17.4 Å². The Hall–Kier alpha value is -4.56. The van der Waals surface area contributed by atoms with Crippen LogP contribution in [0.15, 0.2) is 65.8 Å². The van der Waals surface area contributed by atoms with Crippen LogP contribution in [0.25, 0.3) is 16.7 Å². The zero-order valence-corrected chi connectivity index (χ0v) is 22.8. The number of sulfonamides is 1. The van der Waals surface area contributed by atoms with E-state index in [0.717, 1.165) is 56.7 Å². The number of rotatable bonds is 5. The highest BCUT2D eigenvalue weighted by atomic mass is 32.2. The number of nitrogen functional groups attached to an aromatic ring is 1. The summed E-state index contributed by atoms with van der Waals surface area (Å²) in [7, 11) is -3.66. The first-order valence-electron chi connectivity index (χ1n) is 12.3. The Morgan fingerprint density at radius 2 is 1.55 bits per heavy atom. The topological polar surface area (TPSA) is 202 Å². The van der Waals surface area contributed by atoms with Gasteiger partial charge in [-0.25, -0.2) is 23.1 Å². The molecular weight excluding hydrogens is 538 g/mol. The highest BCUT2D eigenvalue weighted by molar-refractivity contribution is 7.92. The van der Waals surface area contributed by atoms with Gasteiger partial charge >= 0.3 is 0 Å². The molecule has 212 valence electrons. The van der Waals surface area contributed by atoms with Gasteiger partial charge in [-0.1, -0.05) is 18.2 Å². The molecule has 2 aromatic heterocycles. The van der Waals surface area contributed by atoms with E-state index in [9.17, 15) is 8.42 Å². The Labute approximate surface area is 231 Å². The van der Waals surface area contributed by atoms with E-state index in [0.29, 0.717) is 22.9 Å². The summed E-state index contributed by atoms with van der Waals surface area (Å²) in [5.74, 6) is -1.01. The molecule has 0 spiro atoms. The van der Waals surface area contributed by atoms with E-state index < -0.39 is 22.0 Å². The van der Waals surface area contributed by atoms with Gasteiger partial charge in [-0.05, 0) is 62.3 Å². The molecule has 4 aromatic rings. The largest absolute Gasteiger partial charge is 0.481 e. The highest BCUT2D eigenvalue weighted by Gasteiger charge is 2.25. The van der Waals surface area contributed by atoms with Crippen LogP contribution in [0, 0.1) is 0 Å². The fourth-order valence-corrected chi connectivity index (χ4v) is 5.12. The molecule has 2 aromatic carbocycles. The lowest BCUT2D eigenvalue weighted by Crippen LogP contribution is -2.27. The number of carbonyl (C=O) groups is 2. The monoisotopic (exact) mass is 569 g/mol. The van der Waals surface area contributed by atoms with Crippen molar-refractivity contribution in [2.75, 3.05) is 23.5 Å². The standard InChI is InChI=1S/C22H23N7O2S.2C2H4O2/c23-22-21-20(25-14-26-22)19(15-10-12-24-13-11-15)27-29(21)17-8-6-16(7-9-17)28-32(30,31)18-4-2-1-3-5-18;2*1-2(3)4/h1-9,14-15,24,28H,10-13H2,(H2,23,25,26);2*1H3,(H,3,4). The molecule has 3 heterocycles. The summed E-state index contributed by atoms with van der Waals surface area (Å²) in [6, 6.07) is 15.3. The second kappa shape index (κ2) is 13.5. The summed E-state index contributed by atoms with van der Waals surface area (Å²) in [5.41, 5.74) is 9.75. The Bertz CT molecular complexity index is 1530. The first kappa shape index (κ1) is 30.0. The van der Waals surface area contributed by atoms with E-state index in [1.165, 1.54) is 6.33 Å². The van der Waals surface area contributed by atoms with E-state index >= 15 is 0 Å². The number of carboxylic acids is 2. The molecule has 0 amide bonds. The molecule has 0 aliphatic carbocycles. The molecule has 40 heavy (non-hydrogen) atoms. The van der Waals surface area contributed by atoms with Crippen molar-refractivity contribution in [1.82, 2.24) is 25.1 Å². The van der Waals surface area contributed by atoms with Crippen molar-refractivity contribution in [1.29, 1.82) is 0 Å². The van der Waals surface area contributed by atoms with Crippen LogP contribution in [0.1, 0.15) is 38.3 Å². The number of piperidine rings is 1. The zero-order valence-electron chi connectivity index (χ0n) is 22.0. The number of fused-ring (bicyclic) bond motifs is 1. The van der Waals surface area contributed by atoms with Gasteiger partial charge in [0.05, 0.1) is 16.3 Å². The molecule has 13 nitrogen and oxygen atoms in total. The SMILES string of the molecule is CC(=O)O.CC(=O)O.Nc1ncnc2c(C3CCNCC3)nn(-c3ccc(NS(=O)(=O)c4ccccc4)cc3)c12. The lowest BCUT2D eigenvalue weighted by molar-refractivity contribution is -0.135. The smallest absolute Gasteiger partial charge is 0.300 e. The van der Waals surface area contributed by atoms with Crippen LogP contribution in [0.2, 0.25) is 0 Å². The van der Waals surface area contributed by atoms with Crippen molar-refractivity contribution in [2.45, 2.75) is 37.5 Å². The minimum Gasteiger partial charge on any atom is -0.481 e. The van der Waals surface area contributed by atoms with E-state index in [2.05, 4.69) is 20.0 Å². The maximum Gasteiger partial charge on any atom is 0.300 e. The molecule has 0 radical (unpaired) electrons. The lowest BCUT2D eigenvalue weighted by atomic mass is 9.94. The average molecular weight is 570 g/mol. The molecule has 5 rings (SSSR count). The molecule has 0 atom stereocenters. The third-order valence-electron chi connectivity index (χ3n) is 5.66. The van der Waals surface area contributed by atoms with Crippen LogP contribution in [-0.2, 0) is 19.6 Å². The van der Waals surface area contributed by atoms with Crippen LogP contribution in [0.3, 0.4) is 0 Å². The minimum atomic E-state index is -3.66. The number of benzene rings is 2. The molecule has 0 bridgehead atoms. The van der Waals surface area contributed by atoms with Crippen molar-refractivity contribution in [3.05, 3.63) is 66.6 Å². The predicted molar refractivity (Wildman–Crippen MR) is 150 cm³/mol. The fourth-order valence-electron chi connectivity index (χ4n) is 4.04. The van der Waals surface area contributed by atoms with Crippen molar-refractivity contribution in [3.8, 4) is 5.69 Å². The van der Waals surface area contributed by atoms with E-state index in [1.54, 1.807) is 59.3 Å². The number of hydrogen-bond acceptors (Lipinski definition) is 9. The maximum absolute atomic E-state index is 12.6. The number of hydrogen-bond donors (Lipinski definition) is 5. The second-order valence-electron chi connectivity index (χ2n) is 8.78. The lowest BCUT2D eigenvalue weighted by Gasteiger charge is -2.20. The van der Waals surface area contributed by atoms with Crippen LogP contribution in [0.4, 0.5) is 11.5 Å². The molecule has 1 saturated heterocycles. The summed E-state index contributed by atoms with van der Waals surface area (Å²) in [4.78, 5) is 26.8. The van der Waals surface area contributed by atoms with Crippen LogP contribution < -0.4 is 15.8 Å². The predicted octanol–water partition coefficient (Wildman–Crippen LogP) is 2.85. The molecule has 6 N–H and O–H groups in total. The molecular formula is C26H31N7O6S. The van der Waals surface area contributed by atoms with E-state index in [1.807, 2.05) is 0 Å². The van der Waals surface area contributed by atoms with Gasteiger partial charge in [-0.15, -0.1) is 0 Å². The van der Waals surface area contributed by atoms with E-state index in [4.69, 9.17) is 30.6 Å². The van der Waals surface area contributed by atoms with Gasteiger partial charge < -0.3 is 21.3 Å².